The number of aliphatic carboxylic acids is 1. The number of halogens is 7. The summed E-state index contributed by atoms with van der Waals surface area (Å²) >= 11 is 16.6. The fourth-order valence-electron chi connectivity index (χ4n) is 17.4. The van der Waals surface area contributed by atoms with Crippen molar-refractivity contribution in [3.63, 3.8) is 0 Å². The Morgan fingerprint density at radius 1 is 0.444 bits per heavy atom. The number of hydrogen-bond donors (Lipinski definition) is 10. The van der Waals surface area contributed by atoms with Gasteiger partial charge in [-0.2, -0.15) is 13.7 Å². The van der Waals surface area contributed by atoms with Crippen molar-refractivity contribution in [2.24, 2.45) is 11.8 Å². The summed E-state index contributed by atoms with van der Waals surface area (Å²) in [5.41, 5.74) is 0.730. The molecule has 2 spiro atoms. The number of pyridine rings is 7. The first-order valence-corrected chi connectivity index (χ1v) is 50.8. The van der Waals surface area contributed by atoms with Gasteiger partial charge in [0.25, 0.3) is 10.1 Å². The Kier molecular flexibility index (Phi) is 43.5. The molecule has 0 bridgehead atoms. The van der Waals surface area contributed by atoms with Crippen LogP contribution in [0.3, 0.4) is 0 Å². The monoisotopic (exact) mass is 2510 g/mol. The molecule has 681 valence electrons. The Morgan fingerprint density at radius 3 is 1.01 bits per heavy atom. The van der Waals surface area contributed by atoms with Gasteiger partial charge in [0.1, 0.15) is 5.78 Å². The van der Waals surface area contributed by atoms with Gasteiger partial charge < -0.3 is 76.2 Å². The van der Waals surface area contributed by atoms with Crippen LogP contribution in [0, 0.1) is 44.6 Å². The predicted molar refractivity (Wildman–Crippen MR) is 519 cm³/mol. The molecule has 10 fully saturated rings. The molecule has 10 N–H and O–H groups in total. The summed E-state index contributed by atoms with van der Waals surface area (Å²) in [6, 6.07) is 15.3. The number of rotatable bonds is 10. The van der Waals surface area contributed by atoms with Crippen molar-refractivity contribution in [1.82, 2.24) is 34.9 Å². The average Bonchev–Trinajstić information content (AvgIpc) is 1.63. The number of nitriles is 1. The second kappa shape index (κ2) is 50.2. The molecule has 3 aliphatic heterocycles. The maximum absolute atomic E-state index is 11.1. The van der Waals surface area contributed by atoms with Crippen LogP contribution in [0.25, 0.3) is 0 Å². The van der Waals surface area contributed by atoms with E-state index in [1.165, 1.54) is 0 Å². The molecule has 126 heavy (non-hydrogen) atoms. The van der Waals surface area contributed by atoms with Crippen molar-refractivity contribution in [1.29, 1.82) is 5.26 Å². The van der Waals surface area contributed by atoms with Gasteiger partial charge in [-0.15, -0.1) is 0 Å². The van der Waals surface area contributed by atoms with E-state index in [0.29, 0.717) is 168 Å². The molecule has 1 unspecified atom stereocenters. The Labute approximate surface area is 852 Å². The van der Waals surface area contributed by atoms with Gasteiger partial charge in [-0.05, 0) is 375 Å². The summed E-state index contributed by atoms with van der Waals surface area (Å²) in [6.07, 6.45) is 43.3. The molecule has 10 heterocycles. The van der Waals surface area contributed by atoms with E-state index in [-0.39, 0.29) is 69.2 Å². The zero-order chi connectivity index (χ0) is 89.6. The molecule has 1 atom stereocenters. The first-order valence-electron chi connectivity index (χ1n) is 41.7. The molecule has 7 aromatic rings. The maximum Gasteiger partial charge on any atom is 1.00 e. The Hall–Kier alpha value is -2.05. The topological polar surface area (TPSA) is 440 Å². The van der Waals surface area contributed by atoms with Crippen molar-refractivity contribution in [2.45, 2.75) is 262 Å². The third kappa shape index (κ3) is 30.7. The number of carboxylic acids is 1. The number of ketones is 1. The Morgan fingerprint density at radius 2 is 0.730 bits per heavy atom. The fourth-order valence-corrected chi connectivity index (χ4v) is 23.7. The average molecular weight is 2510 g/mol. The van der Waals surface area contributed by atoms with Gasteiger partial charge in [-0.3, -0.25) is 48.7 Å². The number of ether oxygens (including phenoxy) is 5. The minimum Gasteiger partial charge on any atom is -1.00 e. The maximum atomic E-state index is 11.1. The van der Waals surface area contributed by atoms with Crippen LogP contribution in [0.5, 0.6) is 0 Å². The smallest absolute Gasteiger partial charge is 1.00 e. The van der Waals surface area contributed by atoms with Gasteiger partial charge >= 0.3 is 35.5 Å². The largest absolute Gasteiger partial charge is 1.00 e. The van der Waals surface area contributed by atoms with Crippen LogP contribution < -0.4 is 29.6 Å². The number of carbonyl (C=O) groups excluding carboxylic acids is 1. The molecule has 17 rings (SSSR count). The minimum absolute atomic E-state index is 0. The summed E-state index contributed by atoms with van der Waals surface area (Å²) in [5.74, 6) is -1.56. The molecule has 3 radical (unpaired) electrons. The standard InChI is InChI=1S/C13H16BrNO3.C13H16INO3.C12H13IN2O.C12H16INO4S.C12H14INO3.C11H14INO2.C11H12INO2.C4H8O2.B.Na.H/c2*14-11-9-15-6-1-10(11)12(16)2-4-13(5-3-12)17-7-8-18-13;13-11-8-15-6-3-10(11)12(16)4-1-9(7-14)2-5-12;1-19(16,17)18-9-2-5-12(15,6-3-9)10-4-7-14-8-11(10)13;13-10-7-14-6-3-9(10)12(17)4-1-8(2-5-12)11(15)16;2*12-10-7-13-6-3-9(10)11(15)4-1-8(14)2-5-11;5-4-2-1-3-6-4;;;/h2*1,6,9,16H,2-5,7-8H2;3,6,8-9,16H,1-2,4-5H2;4,7-9,15H,2-3,5-6H2,1H3;3,6-8,17H,1-2,4-5H2,(H,15,16);3,6-8,14-15H,1-2,4-5H2;3,6-7,15H,1-2,4-5H2;4-5H,1-3H2;;;/q;;;;;;;;;+1;-1. The normalized spacial score (nSPS) is 27.8. The molecular weight excluding hydrogens is 2400 g/mol. The number of nitrogens with zero attached hydrogens (tertiary/aromatic N) is 8. The van der Waals surface area contributed by atoms with Crippen molar-refractivity contribution in [2.75, 3.05) is 39.3 Å². The van der Waals surface area contributed by atoms with Crippen molar-refractivity contribution >= 4 is 182 Å². The van der Waals surface area contributed by atoms with Gasteiger partial charge in [-0.1, -0.05) is 0 Å². The van der Waals surface area contributed by atoms with E-state index in [2.05, 4.69) is 192 Å². The van der Waals surface area contributed by atoms with Crippen LogP contribution in [0.4, 0.5) is 0 Å². The van der Waals surface area contributed by atoms with Crippen LogP contribution in [-0.2, 0) is 86.8 Å². The Balaban J connectivity index is 0.000000200. The second-order valence-corrected chi connectivity index (χ2v) is 42.6. The number of hydrogen-bond acceptors (Lipinski definition) is 27. The number of aliphatic hydroxyl groups is 9. The summed E-state index contributed by atoms with van der Waals surface area (Å²) in [7, 11) is -3.43. The van der Waals surface area contributed by atoms with E-state index in [1.54, 1.807) is 86.8 Å². The molecule has 3 saturated heterocycles. The number of carbonyl (C=O) groups is 2. The fraction of sp³-hybridized carbons (Fsp3) is 0.568. The third-order valence-corrected chi connectivity index (χ3v) is 31.2. The minimum atomic E-state index is -3.43. The molecule has 7 aromatic heterocycles. The van der Waals surface area contributed by atoms with Gasteiger partial charge in [-0.25, -0.2) is 0 Å². The number of aliphatic hydroxyl groups excluding tert-OH is 2. The zero-order valence-corrected chi connectivity index (χ0v) is 87.9. The van der Waals surface area contributed by atoms with E-state index in [0.717, 1.165) is 129 Å². The molecule has 0 aromatic carbocycles. The molecule has 0 amide bonds. The van der Waals surface area contributed by atoms with E-state index < -0.39 is 73.2 Å². The van der Waals surface area contributed by atoms with Crippen LogP contribution >= 0.6 is 151 Å². The van der Waals surface area contributed by atoms with Crippen molar-refractivity contribution in [3.05, 3.63) is 194 Å². The van der Waals surface area contributed by atoms with Crippen molar-refractivity contribution in [3.8, 4) is 6.07 Å². The van der Waals surface area contributed by atoms with Gasteiger partial charge in [0.15, 0.2) is 17.9 Å². The van der Waals surface area contributed by atoms with E-state index in [9.17, 15) is 58.9 Å². The van der Waals surface area contributed by atoms with Crippen LogP contribution in [0.2, 0.25) is 0 Å². The van der Waals surface area contributed by atoms with Crippen LogP contribution in [0.1, 0.15) is 233 Å². The molecule has 10 aliphatic rings. The van der Waals surface area contributed by atoms with E-state index in [4.69, 9.17) is 43.3 Å². The molecule has 7 aliphatic carbocycles. The summed E-state index contributed by atoms with van der Waals surface area (Å²) in [5, 5.41) is 110. The predicted octanol–water partition coefficient (Wildman–Crippen LogP) is 11.7. The van der Waals surface area contributed by atoms with E-state index >= 15 is 0 Å². The van der Waals surface area contributed by atoms with Gasteiger partial charge in [0.2, 0.25) is 0 Å². The molecular formula is C88H110BBrI6N8NaO20S. The molecule has 38 heteroatoms. The number of aromatic nitrogens is 7. The van der Waals surface area contributed by atoms with Crippen LogP contribution in [-0.4, -0.2) is 184 Å². The number of Topliss-reactive ketones (excluding diaryl/α,β-unsaturated/α-hetero) is 1. The van der Waals surface area contributed by atoms with Crippen LogP contribution in [0.15, 0.2) is 134 Å². The Bertz CT molecular complexity index is 4700. The molecule has 7 saturated carbocycles. The van der Waals surface area contributed by atoms with Gasteiger partial charge in [0.05, 0.1) is 96.1 Å². The first-order chi connectivity index (χ1) is 58.9. The third-order valence-electron chi connectivity index (χ3n) is 24.8. The summed E-state index contributed by atoms with van der Waals surface area (Å²) in [4.78, 5) is 50.2. The first kappa shape index (κ1) is 109. The zero-order valence-electron chi connectivity index (χ0n) is 71.5. The summed E-state index contributed by atoms with van der Waals surface area (Å²) < 4.78 is 61.3. The molecule has 28 nitrogen and oxygen atoms in total. The van der Waals surface area contributed by atoms with Gasteiger partial charge in [0, 0.05) is 184 Å². The summed E-state index contributed by atoms with van der Waals surface area (Å²) in [6.45, 7) is 3.41. The van der Waals surface area contributed by atoms with E-state index in [1.807, 2.05) is 42.5 Å². The van der Waals surface area contributed by atoms with Crippen molar-refractivity contribution < 1.29 is 128 Å². The quantitative estimate of drug-likeness (QED) is 0.0345. The number of carboxylic acid groups (broad SMARTS) is 1. The SMILES string of the molecule is CS(=O)(=O)OC1CCC(O)(c2ccncc2I)CC1.N#CC1CCC(O)(c2ccncc2I)CC1.O=C(O)C1CCC(O)(c2ccncc2I)CC1.O=C1CCC(O)(c2ccncc2I)CC1.OC1(c2ccncc2Br)CCC2(CC1)OCCO2.OC1(c2ccncc2I)CCC2(CC1)OCCO2.OC1CCC(O)(c2ccncc2I)CC1.OC1CCCO1.[B].[H-].[Na+]. The second-order valence-electron chi connectivity index (χ2n) is 33.2.